The third-order valence-electron chi connectivity index (χ3n) is 4.27. The lowest BCUT2D eigenvalue weighted by Crippen LogP contribution is -2.47. The molecule has 1 saturated carbocycles. The Kier molecular flexibility index (Phi) is 4.92. The van der Waals surface area contributed by atoms with E-state index in [4.69, 9.17) is 4.42 Å². The van der Waals surface area contributed by atoms with Crippen molar-refractivity contribution >= 4 is 0 Å². The van der Waals surface area contributed by atoms with E-state index in [2.05, 4.69) is 44.1 Å². The van der Waals surface area contributed by atoms with Crippen molar-refractivity contribution in [1.82, 2.24) is 10.2 Å². The van der Waals surface area contributed by atoms with Crippen LogP contribution >= 0.6 is 0 Å². The predicted molar refractivity (Wildman–Crippen MR) is 83.7 cm³/mol. The van der Waals surface area contributed by atoms with Gasteiger partial charge in [0.05, 0.1) is 12.8 Å². The van der Waals surface area contributed by atoms with Crippen LogP contribution in [0, 0.1) is 5.41 Å². The first kappa shape index (κ1) is 15.6. The van der Waals surface area contributed by atoms with Crippen molar-refractivity contribution in [3.63, 3.8) is 0 Å². The van der Waals surface area contributed by atoms with Gasteiger partial charge in [0.2, 0.25) is 0 Å². The van der Waals surface area contributed by atoms with Crippen LogP contribution in [0.3, 0.4) is 0 Å². The Hall–Kier alpha value is -0.800. The molecule has 0 bridgehead atoms. The molecule has 0 atom stereocenters. The summed E-state index contributed by atoms with van der Waals surface area (Å²) in [7, 11) is 2.21. The van der Waals surface area contributed by atoms with Gasteiger partial charge in [-0.1, -0.05) is 12.8 Å². The number of nitrogens with zero attached hydrogens (tertiary/aromatic N) is 1. The van der Waals surface area contributed by atoms with E-state index in [1.165, 1.54) is 25.7 Å². The van der Waals surface area contributed by atoms with Crippen LogP contribution in [0.25, 0.3) is 0 Å². The molecular weight excluding hydrogens is 248 g/mol. The highest BCUT2D eigenvalue weighted by molar-refractivity contribution is 4.98. The van der Waals surface area contributed by atoms with Gasteiger partial charge in [-0.25, -0.2) is 0 Å². The number of nitrogens with one attached hydrogen (secondary N) is 1. The molecule has 1 heterocycles. The molecule has 3 heteroatoms. The summed E-state index contributed by atoms with van der Waals surface area (Å²) in [5.41, 5.74) is 0.643. The van der Waals surface area contributed by atoms with Crippen molar-refractivity contribution in [2.45, 2.75) is 58.5 Å². The highest BCUT2D eigenvalue weighted by Crippen LogP contribution is 2.38. The molecular formula is C17H30N2O. The fourth-order valence-corrected chi connectivity index (χ4v) is 3.27. The molecule has 3 nitrogen and oxygen atoms in total. The van der Waals surface area contributed by atoms with Gasteiger partial charge in [-0.15, -0.1) is 0 Å². The molecule has 1 aliphatic rings. The molecule has 1 aliphatic carbocycles. The van der Waals surface area contributed by atoms with Gasteiger partial charge in [-0.3, -0.25) is 4.90 Å². The second kappa shape index (κ2) is 6.31. The van der Waals surface area contributed by atoms with E-state index < -0.39 is 0 Å². The summed E-state index contributed by atoms with van der Waals surface area (Å²) in [5.74, 6) is 1.06. The van der Waals surface area contributed by atoms with Crippen LogP contribution in [0.15, 0.2) is 22.8 Å². The molecule has 0 spiro atoms. The molecule has 114 valence electrons. The number of hydrogen-bond acceptors (Lipinski definition) is 3. The summed E-state index contributed by atoms with van der Waals surface area (Å²) in [6.07, 6.45) is 7.20. The summed E-state index contributed by atoms with van der Waals surface area (Å²) in [6, 6.07) is 4.03. The van der Waals surface area contributed by atoms with Crippen LogP contribution in [-0.4, -0.2) is 30.6 Å². The van der Waals surface area contributed by atoms with Crippen molar-refractivity contribution in [2.75, 3.05) is 20.1 Å². The van der Waals surface area contributed by atoms with Crippen LogP contribution < -0.4 is 5.32 Å². The highest BCUT2D eigenvalue weighted by atomic mass is 16.3. The van der Waals surface area contributed by atoms with E-state index in [0.717, 1.165) is 25.4 Å². The normalized spacial score (nSPS) is 18.9. The molecule has 1 aromatic rings. The fourth-order valence-electron chi connectivity index (χ4n) is 3.27. The average molecular weight is 278 g/mol. The quantitative estimate of drug-likeness (QED) is 0.861. The maximum absolute atomic E-state index is 5.46. The first-order valence-electron chi connectivity index (χ1n) is 7.85. The van der Waals surface area contributed by atoms with Crippen LogP contribution in [0.2, 0.25) is 0 Å². The standard InChI is InChI=1S/C17H30N2O/c1-16(2,3)18-13-17(9-5-6-10-17)14-19(4)12-15-8-7-11-20-15/h7-8,11,18H,5-6,9-10,12-14H2,1-4H3. The SMILES string of the molecule is CN(Cc1ccco1)CC1(CNC(C)(C)C)CCCC1. The van der Waals surface area contributed by atoms with Crippen molar-refractivity contribution in [3.8, 4) is 0 Å². The summed E-state index contributed by atoms with van der Waals surface area (Å²) >= 11 is 0. The molecule has 0 unspecified atom stereocenters. The van der Waals surface area contributed by atoms with Crippen molar-refractivity contribution in [3.05, 3.63) is 24.2 Å². The van der Waals surface area contributed by atoms with Gasteiger partial charge in [-0.05, 0) is 58.2 Å². The van der Waals surface area contributed by atoms with Gasteiger partial charge in [0.25, 0.3) is 0 Å². The second-order valence-electron chi connectivity index (χ2n) is 7.56. The van der Waals surface area contributed by atoms with Crippen LogP contribution in [0.1, 0.15) is 52.2 Å². The lowest BCUT2D eigenvalue weighted by molar-refractivity contribution is 0.150. The van der Waals surface area contributed by atoms with E-state index in [1.807, 2.05) is 6.07 Å². The summed E-state index contributed by atoms with van der Waals surface area (Å²) < 4.78 is 5.46. The maximum atomic E-state index is 5.46. The third kappa shape index (κ3) is 4.64. The third-order valence-corrected chi connectivity index (χ3v) is 4.27. The zero-order valence-electron chi connectivity index (χ0n) is 13.5. The Morgan fingerprint density at radius 2 is 2.00 bits per heavy atom. The highest BCUT2D eigenvalue weighted by Gasteiger charge is 2.35. The minimum absolute atomic E-state index is 0.204. The number of hydrogen-bond donors (Lipinski definition) is 1. The van der Waals surface area contributed by atoms with Gasteiger partial charge < -0.3 is 9.73 Å². The summed E-state index contributed by atoms with van der Waals surface area (Å²) in [4.78, 5) is 2.41. The second-order valence-corrected chi connectivity index (χ2v) is 7.56. The molecule has 0 saturated heterocycles. The van der Waals surface area contributed by atoms with Gasteiger partial charge >= 0.3 is 0 Å². The molecule has 0 amide bonds. The number of rotatable bonds is 6. The minimum Gasteiger partial charge on any atom is -0.468 e. The van der Waals surface area contributed by atoms with Crippen LogP contribution in [0.4, 0.5) is 0 Å². The Morgan fingerprint density at radius 1 is 1.30 bits per heavy atom. The Morgan fingerprint density at radius 3 is 2.55 bits per heavy atom. The molecule has 20 heavy (non-hydrogen) atoms. The van der Waals surface area contributed by atoms with Crippen LogP contribution in [-0.2, 0) is 6.54 Å². The van der Waals surface area contributed by atoms with Gasteiger partial charge in [0, 0.05) is 18.6 Å². The predicted octanol–water partition coefficient (Wildman–Crippen LogP) is 3.66. The van der Waals surface area contributed by atoms with E-state index >= 15 is 0 Å². The van der Waals surface area contributed by atoms with Gasteiger partial charge in [0.1, 0.15) is 5.76 Å². The molecule has 0 aliphatic heterocycles. The Bertz CT molecular complexity index is 386. The molecule has 1 fully saturated rings. The summed E-state index contributed by atoms with van der Waals surface area (Å²) in [6.45, 7) is 9.94. The van der Waals surface area contributed by atoms with E-state index in [9.17, 15) is 0 Å². The topological polar surface area (TPSA) is 28.4 Å². The molecule has 0 radical (unpaired) electrons. The minimum atomic E-state index is 0.204. The molecule has 2 rings (SSSR count). The zero-order chi connectivity index (χ0) is 14.6. The molecule has 1 N–H and O–H groups in total. The van der Waals surface area contributed by atoms with Gasteiger partial charge in [0.15, 0.2) is 0 Å². The van der Waals surface area contributed by atoms with Gasteiger partial charge in [-0.2, -0.15) is 0 Å². The smallest absolute Gasteiger partial charge is 0.117 e. The maximum Gasteiger partial charge on any atom is 0.117 e. The first-order chi connectivity index (χ1) is 9.39. The largest absolute Gasteiger partial charge is 0.468 e. The average Bonchev–Trinajstić information content (AvgIpc) is 2.98. The lowest BCUT2D eigenvalue weighted by Gasteiger charge is -2.36. The zero-order valence-corrected chi connectivity index (χ0v) is 13.5. The van der Waals surface area contributed by atoms with E-state index in [-0.39, 0.29) is 5.54 Å². The van der Waals surface area contributed by atoms with E-state index in [0.29, 0.717) is 5.41 Å². The lowest BCUT2D eigenvalue weighted by atomic mass is 9.84. The molecule has 0 aromatic carbocycles. The van der Waals surface area contributed by atoms with Crippen LogP contribution in [0.5, 0.6) is 0 Å². The van der Waals surface area contributed by atoms with E-state index in [1.54, 1.807) is 6.26 Å². The van der Waals surface area contributed by atoms with Crippen molar-refractivity contribution in [1.29, 1.82) is 0 Å². The number of furan rings is 1. The Balaban J connectivity index is 1.91. The Labute approximate surface area is 123 Å². The molecule has 1 aromatic heterocycles. The fraction of sp³-hybridized carbons (Fsp3) is 0.765. The summed E-state index contributed by atoms with van der Waals surface area (Å²) in [5, 5.41) is 3.72. The monoisotopic (exact) mass is 278 g/mol. The van der Waals surface area contributed by atoms with Crippen molar-refractivity contribution in [2.24, 2.45) is 5.41 Å². The first-order valence-corrected chi connectivity index (χ1v) is 7.85. The van der Waals surface area contributed by atoms with Crippen molar-refractivity contribution < 1.29 is 4.42 Å².